The summed E-state index contributed by atoms with van der Waals surface area (Å²) in [5, 5.41) is 3.03. The van der Waals surface area contributed by atoms with Gasteiger partial charge in [-0.3, -0.25) is 9.59 Å². The fraction of sp³-hybridized carbons (Fsp3) is 0.200. The molecule has 1 unspecified atom stereocenters. The van der Waals surface area contributed by atoms with Gasteiger partial charge in [0.2, 0.25) is 5.91 Å². The van der Waals surface area contributed by atoms with Crippen LogP contribution in [0.25, 0.3) is 11.1 Å². The third-order valence-electron chi connectivity index (χ3n) is 5.93. The summed E-state index contributed by atoms with van der Waals surface area (Å²) in [6.45, 7) is 2.74. The summed E-state index contributed by atoms with van der Waals surface area (Å²) in [4.78, 5) is 27.2. The number of anilines is 2. The van der Waals surface area contributed by atoms with Crippen LogP contribution in [0.15, 0.2) is 66.7 Å². The van der Waals surface area contributed by atoms with E-state index in [1.54, 1.807) is 0 Å². The van der Waals surface area contributed by atoms with Gasteiger partial charge in [-0.15, -0.1) is 0 Å². The van der Waals surface area contributed by atoms with E-state index in [9.17, 15) is 9.59 Å². The van der Waals surface area contributed by atoms with Gasteiger partial charge >= 0.3 is 0 Å². The third-order valence-corrected chi connectivity index (χ3v) is 5.93. The maximum Gasteiger partial charge on any atom is 0.255 e. The Morgan fingerprint density at radius 2 is 1.72 bits per heavy atom. The summed E-state index contributed by atoms with van der Waals surface area (Å²) >= 11 is 0. The van der Waals surface area contributed by atoms with Gasteiger partial charge in [-0.1, -0.05) is 42.5 Å². The number of aryl methyl sites for hydroxylation is 1. The zero-order chi connectivity index (χ0) is 20.0. The zero-order valence-corrected chi connectivity index (χ0v) is 16.3. The van der Waals surface area contributed by atoms with Crippen molar-refractivity contribution in [2.75, 3.05) is 16.8 Å². The Hall–Kier alpha value is -3.40. The second kappa shape index (κ2) is 6.89. The van der Waals surface area contributed by atoms with Crippen molar-refractivity contribution in [2.45, 2.75) is 25.7 Å². The van der Waals surface area contributed by atoms with Gasteiger partial charge in [0.05, 0.1) is 11.6 Å². The van der Waals surface area contributed by atoms with Crippen molar-refractivity contribution in [3.63, 3.8) is 0 Å². The molecule has 0 bridgehead atoms. The Labute approximate surface area is 170 Å². The first-order valence-corrected chi connectivity index (χ1v) is 10.1. The minimum Gasteiger partial charge on any atom is -0.322 e. The molecule has 1 N–H and O–H groups in total. The number of benzene rings is 3. The van der Waals surface area contributed by atoms with E-state index in [-0.39, 0.29) is 17.7 Å². The quantitative estimate of drug-likeness (QED) is 0.693. The van der Waals surface area contributed by atoms with Crippen molar-refractivity contribution in [3.8, 4) is 11.1 Å². The van der Waals surface area contributed by atoms with Crippen molar-refractivity contribution in [3.05, 3.63) is 83.4 Å². The minimum atomic E-state index is -0.149. The van der Waals surface area contributed by atoms with Gasteiger partial charge in [-0.25, -0.2) is 0 Å². The Morgan fingerprint density at radius 3 is 2.48 bits per heavy atom. The van der Waals surface area contributed by atoms with Crippen LogP contribution in [0.1, 0.15) is 40.7 Å². The minimum absolute atomic E-state index is 0.138. The van der Waals surface area contributed by atoms with Crippen molar-refractivity contribution < 1.29 is 9.59 Å². The van der Waals surface area contributed by atoms with Gasteiger partial charge in [-0.2, -0.15) is 0 Å². The molecule has 5 rings (SSSR count). The molecule has 0 saturated heterocycles. The summed E-state index contributed by atoms with van der Waals surface area (Å²) in [7, 11) is 0. The molecule has 0 aliphatic carbocycles. The van der Waals surface area contributed by atoms with Crippen LogP contribution in [-0.4, -0.2) is 18.4 Å². The van der Waals surface area contributed by atoms with Gasteiger partial charge in [0.25, 0.3) is 5.91 Å². The van der Waals surface area contributed by atoms with E-state index in [0.29, 0.717) is 5.56 Å². The largest absolute Gasteiger partial charge is 0.322 e. The zero-order valence-electron chi connectivity index (χ0n) is 16.3. The van der Waals surface area contributed by atoms with Crippen LogP contribution >= 0.6 is 0 Å². The monoisotopic (exact) mass is 382 g/mol. The number of nitrogens with one attached hydrogen (secondary N) is 1. The van der Waals surface area contributed by atoms with Gasteiger partial charge in [-0.05, 0) is 66.3 Å². The molecule has 4 heteroatoms. The molecule has 3 aromatic carbocycles. The molecule has 0 aromatic heterocycles. The molecular weight excluding hydrogens is 360 g/mol. The molecule has 0 spiro atoms. The molecule has 2 heterocycles. The molecule has 3 aromatic rings. The van der Waals surface area contributed by atoms with Crippen LogP contribution in [0.5, 0.6) is 0 Å². The second-order valence-corrected chi connectivity index (χ2v) is 7.79. The first kappa shape index (κ1) is 17.7. The van der Waals surface area contributed by atoms with Gasteiger partial charge in [0.15, 0.2) is 0 Å². The molecule has 2 amide bonds. The van der Waals surface area contributed by atoms with E-state index in [2.05, 4.69) is 17.4 Å². The number of carbonyl (C=O) groups is 2. The highest BCUT2D eigenvalue weighted by atomic mass is 16.2. The van der Waals surface area contributed by atoms with E-state index in [0.717, 1.165) is 53.0 Å². The topological polar surface area (TPSA) is 49.4 Å². The Kier molecular flexibility index (Phi) is 4.20. The van der Waals surface area contributed by atoms with Crippen LogP contribution in [0.2, 0.25) is 0 Å². The molecule has 0 radical (unpaired) electrons. The Morgan fingerprint density at radius 1 is 1.00 bits per heavy atom. The first-order valence-electron chi connectivity index (χ1n) is 10.1. The molecule has 2 aliphatic rings. The van der Waals surface area contributed by atoms with Crippen LogP contribution in [0, 0.1) is 0 Å². The lowest BCUT2D eigenvalue weighted by Gasteiger charge is -2.26. The maximum atomic E-state index is 12.8. The standard InChI is InChI=1S/C25H22N2O2/c1-16-22-15-21(14-20-8-5-13-27(23(20)22)25(16)29)26-24(28)19-11-9-18(10-12-19)17-6-3-2-4-7-17/h2-4,6-7,9-12,14-16H,5,8,13H2,1H3,(H,26,28). The van der Waals surface area contributed by atoms with E-state index in [1.807, 2.05) is 66.4 Å². The maximum absolute atomic E-state index is 12.8. The van der Waals surface area contributed by atoms with Gasteiger partial charge in [0, 0.05) is 17.8 Å². The lowest BCUT2D eigenvalue weighted by molar-refractivity contribution is -0.119. The fourth-order valence-corrected chi connectivity index (χ4v) is 4.42. The highest BCUT2D eigenvalue weighted by Crippen LogP contribution is 2.44. The number of amides is 2. The van der Waals surface area contributed by atoms with Crippen LogP contribution < -0.4 is 10.2 Å². The Bertz CT molecular complexity index is 1100. The van der Waals surface area contributed by atoms with E-state index in [1.165, 1.54) is 0 Å². The number of nitrogens with zero attached hydrogens (tertiary/aromatic N) is 1. The van der Waals surface area contributed by atoms with Crippen LogP contribution in [0.3, 0.4) is 0 Å². The molecular formula is C25H22N2O2. The van der Waals surface area contributed by atoms with Gasteiger partial charge in [0.1, 0.15) is 0 Å². The highest BCUT2D eigenvalue weighted by Gasteiger charge is 2.37. The number of rotatable bonds is 3. The van der Waals surface area contributed by atoms with E-state index < -0.39 is 0 Å². The van der Waals surface area contributed by atoms with Gasteiger partial charge < -0.3 is 10.2 Å². The SMILES string of the molecule is CC1C(=O)N2CCCc3cc(NC(=O)c4ccc(-c5ccccc5)cc4)cc1c32. The number of carbonyl (C=O) groups excluding carboxylic acids is 2. The normalized spacial score (nSPS) is 17.2. The Balaban J connectivity index is 1.40. The fourth-order valence-electron chi connectivity index (χ4n) is 4.42. The summed E-state index contributed by atoms with van der Waals surface area (Å²) in [6.07, 6.45) is 1.90. The average molecular weight is 382 g/mol. The molecule has 4 nitrogen and oxygen atoms in total. The smallest absolute Gasteiger partial charge is 0.255 e. The van der Waals surface area contributed by atoms with Crippen molar-refractivity contribution >= 4 is 23.2 Å². The highest BCUT2D eigenvalue weighted by molar-refractivity contribution is 6.08. The van der Waals surface area contributed by atoms with Crippen LogP contribution in [-0.2, 0) is 11.2 Å². The first-order chi connectivity index (χ1) is 14.1. The van der Waals surface area contributed by atoms with E-state index in [4.69, 9.17) is 0 Å². The predicted molar refractivity (Wildman–Crippen MR) is 115 cm³/mol. The van der Waals surface area contributed by atoms with Crippen molar-refractivity contribution in [1.29, 1.82) is 0 Å². The molecule has 29 heavy (non-hydrogen) atoms. The third kappa shape index (κ3) is 3.01. The number of hydrogen-bond acceptors (Lipinski definition) is 2. The molecule has 1 atom stereocenters. The molecule has 0 saturated carbocycles. The van der Waals surface area contributed by atoms with E-state index >= 15 is 0 Å². The van der Waals surface area contributed by atoms with Crippen molar-refractivity contribution in [2.24, 2.45) is 0 Å². The summed E-state index contributed by atoms with van der Waals surface area (Å²) < 4.78 is 0. The summed E-state index contributed by atoms with van der Waals surface area (Å²) in [6, 6.07) is 21.7. The van der Waals surface area contributed by atoms with Crippen molar-refractivity contribution in [1.82, 2.24) is 0 Å². The molecule has 2 aliphatic heterocycles. The molecule has 144 valence electrons. The summed E-state index contributed by atoms with van der Waals surface area (Å²) in [5.74, 6) is -0.119. The lowest BCUT2D eigenvalue weighted by Crippen LogP contribution is -2.32. The predicted octanol–water partition coefficient (Wildman–Crippen LogP) is 5.00. The lowest BCUT2D eigenvalue weighted by atomic mass is 9.96. The van der Waals surface area contributed by atoms with Crippen LogP contribution in [0.4, 0.5) is 11.4 Å². The average Bonchev–Trinajstić information content (AvgIpc) is 3.01. The number of hydrogen-bond donors (Lipinski definition) is 1. The molecule has 0 fully saturated rings. The second-order valence-electron chi connectivity index (χ2n) is 7.79. The summed E-state index contributed by atoms with van der Waals surface area (Å²) in [5.41, 5.74) is 6.84.